The molecule has 2 aromatic heterocycles. The molecule has 1 unspecified atom stereocenters. The molecule has 1 atom stereocenters. The van der Waals surface area contributed by atoms with Crippen LogP contribution in [-0.2, 0) is 21.4 Å². The molecule has 284 valence electrons. The van der Waals surface area contributed by atoms with Crippen LogP contribution in [-0.4, -0.2) is 83.6 Å². The van der Waals surface area contributed by atoms with E-state index < -0.39 is 29.7 Å². The number of piperidine rings is 2. The SMILES string of the molecule is O=C1CCC(N2C(=O)c3ccc(-n4cc(CCN5CCC(c6ccc7c(c6)-n6c(nc(=O)c8c(Br)cccc86)C76CCCCC6)CC5)nn4)cc3C2=O)C(=O)N1. The second-order valence-corrected chi connectivity index (χ2v) is 16.7. The quantitative estimate of drug-likeness (QED) is 0.231. The van der Waals surface area contributed by atoms with Crippen molar-refractivity contribution in [2.24, 2.45) is 0 Å². The van der Waals surface area contributed by atoms with Crippen molar-refractivity contribution in [3.05, 3.63) is 109 Å². The summed E-state index contributed by atoms with van der Waals surface area (Å²) in [6.45, 7) is 2.76. The van der Waals surface area contributed by atoms with E-state index in [1.165, 1.54) is 23.2 Å². The number of imide groups is 2. The number of rotatable bonds is 6. The number of carbonyl (C=O) groups excluding carboxylic acids is 4. The predicted octanol–water partition coefficient (Wildman–Crippen LogP) is 5.12. The van der Waals surface area contributed by atoms with Gasteiger partial charge in [0, 0.05) is 23.9 Å². The van der Waals surface area contributed by atoms with Crippen molar-refractivity contribution in [3.8, 4) is 11.4 Å². The highest BCUT2D eigenvalue weighted by molar-refractivity contribution is 9.10. The van der Waals surface area contributed by atoms with Gasteiger partial charge in [0.05, 0.1) is 50.7 Å². The maximum Gasteiger partial charge on any atom is 0.281 e. The summed E-state index contributed by atoms with van der Waals surface area (Å²) in [5.41, 5.74) is 6.18. The fourth-order valence-electron chi connectivity index (χ4n) is 9.86. The first kappa shape index (κ1) is 35.1. The number of hydrogen-bond donors (Lipinski definition) is 1. The van der Waals surface area contributed by atoms with Crippen LogP contribution in [0.5, 0.6) is 0 Å². The molecule has 5 aliphatic rings. The molecule has 2 saturated heterocycles. The lowest BCUT2D eigenvalue weighted by atomic mass is 9.69. The predicted molar refractivity (Wildman–Crippen MR) is 209 cm³/mol. The lowest BCUT2D eigenvalue weighted by molar-refractivity contribution is -0.136. The second-order valence-electron chi connectivity index (χ2n) is 15.8. The monoisotopic (exact) mass is 814 g/mol. The van der Waals surface area contributed by atoms with E-state index >= 15 is 0 Å². The van der Waals surface area contributed by atoms with Gasteiger partial charge in [0.2, 0.25) is 11.8 Å². The van der Waals surface area contributed by atoms with E-state index in [1.54, 1.807) is 22.9 Å². The normalized spacial score (nSPS) is 20.8. The Kier molecular flexibility index (Phi) is 8.40. The maximum atomic E-state index is 13.4. The molecule has 1 N–H and O–H groups in total. The number of hydrogen-bond acceptors (Lipinski definition) is 9. The van der Waals surface area contributed by atoms with E-state index in [2.05, 4.69) is 65.3 Å². The van der Waals surface area contributed by atoms with Gasteiger partial charge in [-0.15, -0.1) is 5.10 Å². The zero-order valence-corrected chi connectivity index (χ0v) is 32.3. The highest BCUT2D eigenvalue weighted by atomic mass is 79.9. The summed E-state index contributed by atoms with van der Waals surface area (Å²) in [4.78, 5) is 72.2. The minimum atomic E-state index is -1.01. The summed E-state index contributed by atoms with van der Waals surface area (Å²) in [6, 6.07) is 16.9. The van der Waals surface area contributed by atoms with Crippen molar-refractivity contribution in [1.29, 1.82) is 0 Å². The number of amides is 4. The minimum Gasteiger partial charge on any atom is -0.303 e. The average molecular weight is 816 g/mol. The van der Waals surface area contributed by atoms with Gasteiger partial charge in [0.15, 0.2) is 0 Å². The Bertz CT molecular complexity index is 2570. The molecule has 56 heavy (non-hydrogen) atoms. The van der Waals surface area contributed by atoms with Crippen molar-refractivity contribution < 1.29 is 19.2 Å². The first-order valence-electron chi connectivity index (χ1n) is 19.6. The minimum absolute atomic E-state index is 0.0683. The number of fused-ring (bicyclic) bond motifs is 8. The van der Waals surface area contributed by atoms with Crippen molar-refractivity contribution in [1.82, 2.24) is 39.7 Å². The molecule has 3 fully saturated rings. The van der Waals surface area contributed by atoms with Crippen LogP contribution in [0.2, 0.25) is 0 Å². The van der Waals surface area contributed by atoms with Crippen LogP contribution in [0.15, 0.2) is 70.1 Å². The number of halogens is 1. The standard InChI is InChI=1S/C42H39BrN8O5/c43-31-5-4-6-32-36(31)38(54)45-41-42(16-2-1-3-17-42)30-10-7-25(21-34(30)50(32)41)24-13-18-48(19-14-24)20-15-26-23-49(47-46-26)27-8-9-28-29(22-27)40(56)51(39(28)55)33-11-12-35(52)44-37(33)53/h4-10,21-24,33H,1-3,11-20H2,(H,44,52,53). The molecular weight excluding hydrogens is 776 g/mol. The van der Waals surface area contributed by atoms with Gasteiger partial charge in [-0.3, -0.25) is 38.8 Å². The number of carbonyl (C=O) groups is 4. The molecule has 6 heterocycles. The highest BCUT2D eigenvalue weighted by Gasteiger charge is 2.47. The third kappa shape index (κ3) is 5.51. The largest absolute Gasteiger partial charge is 0.303 e. The highest BCUT2D eigenvalue weighted by Crippen LogP contribution is 2.52. The van der Waals surface area contributed by atoms with Crippen molar-refractivity contribution in [2.75, 3.05) is 19.6 Å². The fraction of sp³-hybridized carbons (Fsp3) is 0.381. The Balaban J connectivity index is 0.817. The third-order valence-corrected chi connectivity index (χ3v) is 13.4. The molecule has 10 rings (SSSR count). The Labute approximate surface area is 330 Å². The lowest BCUT2D eigenvalue weighted by Gasteiger charge is -2.34. The molecule has 14 heteroatoms. The lowest BCUT2D eigenvalue weighted by Crippen LogP contribution is -2.54. The van der Waals surface area contributed by atoms with E-state index in [-0.39, 0.29) is 34.9 Å². The van der Waals surface area contributed by atoms with Gasteiger partial charge in [-0.25, -0.2) is 4.68 Å². The number of likely N-dealkylation sites (tertiary alicyclic amines) is 1. The summed E-state index contributed by atoms with van der Waals surface area (Å²) >= 11 is 3.63. The molecule has 0 bridgehead atoms. The van der Waals surface area contributed by atoms with Crippen LogP contribution >= 0.6 is 15.9 Å². The summed E-state index contributed by atoms with van der Waals surface area (Å²) in [7, 11) is 0. The Morgan fingerprint density at radius 2 is 1.68 bits per heavy atom. The van der Waals surface area contributed by atoms with Crippen LogP contribution in [0.1, 0.15) is 107 Å². The maximum absolute atomic E-state index is 13.4. The molecule has 4 amide bonds. The third-order valence-electron chi connectivity index (χ3n) is 12.8. The number of nitrogens with zero attached hydrogens (tertiary/aromatic N) is 7. The molecule has 1 saturated carbocycles. The molecule has 5 aromatic rings. The number of aromatic nitrogens is 5. The van der Waals surface area contributed by atoms with Crippen LogP contribution in [0.4, 0.5) is 0 Å². The summed E-state index contributed by atoms with van der Waals surface area (Å²) < 4.78 is 4.66. The van der Waals surface area contributed by atoms with Gasteiger partial charge in [-0.1, -0.05) is 42.7 Å². The van der Waals surface area contributed by atoms with Crippen molar-refractivity contribution in [2.45, 2.75) is 81.6 Å². The Hall–Kier alpha value is -5.34. The summed E-state index contributed by atoms with van der Waals surface area (Å²) in [5, 5.41) is 11.6. The molecule has 1 spiro atoms. The zero-order valence-electron chi connectivity index (χ0n) is 30.7. The molecule has 3 aromatic carbocycles. The topological polar surface area (TPSA) is 152 Å². The number of nitrogens with one attached hydrogen (secondary N) is 1. The van der Waals surface area contributed by atoms with Gasteiger partial charge < -0.3 is 4.90 Å². The zero-order chi connectivity index (χ0) is 38.3. The van der Waals surface area contributed by atoms with E-state index in [0.717, 1.165) is 84.6 Å². The molecular formula is C42H39BrN8O5. The van der Waals surface area contributed by atoms with Crippen LogP contribution in [0.3, 0.4) is 0 Å². The first-order valence-corrected chi connectivity index (χ1v) is 20.4. The molecule has 0 radical (unpaired) electrons. The van der Waals surface area contributed by atoms with Gasteiger partial charge in [0.1, 0.15) is 11.9 Å². The van der Waals surface area contributed by atoms with Crippen LogP contribution in [0, 0.1) is 0 Å². The average Bonchev–Trinajstić information content (AvgIpc) is 3.86. The van der Waals surface area contributed by atoms with Crippen LogP contribution < -0.4 is 10.9 Å². The van der Waals surface area contributed by atoms with Gasteiger partial charge in [-0.2, -0.15) is 4.98 Å². The number of benzene rings is 3. The van der Waals surface area contributed by atoms with Crippen molar-refractivity contribution in [3.63, 3.8) is 0 Å². The molecule has 1 aliphatic carbocycles. The van der Waals surface area contributed by atoms with Crippen molar-refractivity contribution >= 4 is 50.5 Å². The van der Waals surface area contributed by atoms with Gasteiger partial charge >= 0.3 is 0 Å². The second kappa shape index (κ2) is 13.4. The van der Waals surface area contributed by atoms with E-state index in [0.29, 0.717) is 23.4 Å². The van der Waals surface area contributed by atoms with Gasteiger partial charge in [0.25, 0.3) is 17.4 Å². The Morgan fingerprint density at radius 3 is 2.48 bits per heavy atom. The molecule has 13 nitrogen and oxygen atoms in total. The van der Waals surface area contributed by atoms with Crippen LogP contribution in [0.25, 0.3) is 22.3 Å². The molecule has 4 aliphatic heterocycles. The van der Waals surface area contributed by atoms with Gasteiger partial charge in [-0.05, 0) is 115 Å². The van der Waals surface area contributed by atoms with E-state index in [9.17, 15) is 24.0 Å². The first-order chi connectivity index (χ1) is 27.2. The Morgan fingerprint density at radius 1 is 0.875 bits per heavy atom. The summed E-state index contributed by atoms with van der Waals surface area (Å²) in [5.74, 6) is -0.813. The van der Waals surface area contributed by atoms with E-state index in [4.69, 9.17) is 4.98 Å². The van der Waals surface area contributed by atoms with E-state index in [1.807, 2.05) is 18.3 Å². The fourth-order valence-corrected chi connectivity index (χ4v) is 10.4. The summed E-state index contributed by atoms with van der Waals surface area (Å²) in [6.07, 6.45) is 10.3. The smallest absolute Gasteiger partial charge is 0.281 e.